The number of para-hydroxylation sites is 1. The normalized spacial score (nSPS) is 10.5. The van der Waals surface area contributed by atoms with E-state index in [4.69, 9.17) is 4.74 Å². The van der Waals surface area contributed by atoms with Crippen molar-refractivity contribution < 1.29 is 23.1 Å². The van der Waals surface area contributed by atoms with Gasteiger partial charge in [0.2, 0.25) is 0 Å². The number of carbonyl (C=O) groups is 2. The van der Waals surface area contributed by atoms with E-state index in [0.717, 1.165) is 47.5 Å². The minimum Gasteiger partial charge on any atom is -0.455 e. The smallest absolute Gasteiger partial charge is 0.316 e. The first-order valence-corrected chi connectivity index (χ1v) is 9.01. The fourth-order valence-corrected chi connectivity index (χ4v) is 3.05. The molecule has 0 atom stereocenters. The van der Waals surface area contributed by atoms with Crippen molar-refractivity contribution in [3.05, 3.63) is 59.2 Å². The topological polar surface area (TPSA) is 55.4 Å². The summed E-state index contributed by atoms with van der Waals surface area (Å²) in [6, 6.07) is 8.70. The van der Waals surface area contributed by atoms with E-state index in [2.05, 4.69) is 5.32 Å². The van der Waals surface area contributed by atoms with E-state index < -0.39 is 30.1 Å². The number of benzene rings is 2. The number of aryl methyl sites for hydroxylation is 2. The highest BCUT2D eigenvalue weighted by Crippen LogP contribution is 2.23. The number of hydrogen-bond acceptors (Lipinski definition) is 4. The number of ether oxygens (including phenoxy) is 1. The molecule has 0 aliphatic rings. The Hall–Kier alpha value is -2.41. The predicted molar refractivity (Wildman–Crippen MR) is 97.2 cm³/mol. The van der Waals surface area contributed by atoms with Gasteiger partial charge in [-0.3, -0.25) is 9.59 Å². The molecule has 0 bridgehead atoms. The molecule has 0 aliphatic heterocycles. The van der Waals surface area contributed by atoms with E-state index in [0.29, 0.717) is 5.69 Å². The van der Waals surface area contributed by atoms with Crippen LogP contribution in [0.1, 0.15) is 18.1 Å². The molecule has 1 N–H and O–H groups in total. The maximum atomic E-state index is 13.5. The molecule has 2 aromatic rings. The van der Waals surface area contributed by atoms with Crippen LogP contribution in [0.25, 0.3) is 0 Å². The van der Waals surface area contributed by atoms with Crippen molar-refractivity contribution in [2.75, 3.05) is 17.7 Å². The highest BCUT2D eigenvalue weighted by atomic mass is 32.2. The van der Waals surface area contributed by atoms with E-state index in [1.54, 1.807) is 0 Å². The molecular weight excluding hydrogens is 360 g/mol. The summed E-state index contributed by atoms with van der Waals surface area (Å²) in [4.78, 5) is 23.7. The fraction of sp³-hybridized carbons (Fsp3) is 0.263. The van der Waals surface area contributed by atoms with Crippen molar-refractivity contribution in [1.82, 2.24) is 0 Å². The van der Waals surface area contributed by atoms with Gasteiger partial charge in [-0.2, -0.15) is 0 Å². The van der Waals surface area contributed by atoms with Crippen molar-refractivity contribution in [2.24, 2.45) is 0 Å². The first kappa shape index (κ1) is 19.9. The largest absolute Gasteiger partial charge is 0.455 e. The molecule has 0 aromatic heterocycles. The number of amides is 1. The Morgan fingerprint density at radius 3 is 2.69 bits per heavy atom. The zero-order valence-electron chi connectivity index (χ0n) is 14.5. The SMILES string of the molecule is CCc1cccc(C)c1NC(=O)COC(=O)CSc1cc(F)ccc1F. The van der Waals surface area contributed by atoms with E-state index in [1.807, 2.05) is 32.0 Å². The van der Waals surface area contributed by atoms with Crippen LogP contribution in [-0.2, 0) is 20.7 Å². The van der Waals surface area contributed by atoms with Crippen molar-refractivity contribution in [1.29, 1.82) is 0 Å². The van der Waals surface area contributed by atoms with Gasteiger partial charge in [-0.1, -0.05) is 25.1 Å². The minimum atomic E-state index is -0.686. The molecule has 7 heteroatoms. The van der Waals surface area contributed by atoms with Gasteiger partial charge in [0, 0.05) is 10.6 Å². The molecule has 0 heterocycles. The number of hydrogen-bond donors (Lipinski definition) is 1. The van der Waals surface area contributed by atoms with E-state index in [-0.39, 0.29) is 10.6 Å². The van der Waals surface area contributed by atoms with E-state index >= 15 is 0 Å². The Balaban J connectivity index is 1.84. The lowest BCUT2D eigenvalue weighted by Gasteiger charge is -2.13. The van der Waals surface area contributed by atoms with Crippen LogP contribution in [0.5, 0.6) is 0 Å². The molecule has 4 nitrogen and oxygen atoms in total. The number of rotatable bonds is 7. The minimum absolute atomic E-state index is 0.0129. The maximum absolute atomic E-state index is 13.5. The lowest BCUT2D eigenvalue weighted by atomic mass is 10.1. The third-order valence-electron chi connectivity index (χ3n) is 3.61. The Bertz CT molecular complexity index is 811. The first-order chi connectivity index (χ1) is 12.4. The van der Waals surface area contributed by atoms with Crippen LogP contribution >= 0.6 is 11.8 Å². The maximum Gasteiger partial charge on any atom is 0.316 e. The predicted octanol–water partition coefficient (Wildman–Crippen LogP) is 4.11. The summed E-state index contributed by atoms with van der Waals surface area (Å²) in [5.41, 5.74) is 2.62. The van der Waals surface area contributed by atoms with Gasteiger partial charge in [-0.15, -0.1) is 11.8 Å². The summed E-state index contributed by atoms with van der Waals surface area (Å²) in [6.45, 7) is 3.42. The number of esters is 1. The van der Waals surface area contributed by atoms with Gasteiger partial charge in [0.05, 0.1) is 5.75 Å². The van der Waals surface area contributed by atoms with Crippen LogP contribution in [0.15, 0.2) is 41.3 Å². The van der Waals surface area contributed by atoms with Gasteiger partial charge in [0.25, 0.3) is 5.91 Å². The van der Waals surface area contributed by atoms with Gasteiger partial charge < -0.3 is 10.1 Å². The Morgan fingerprint density at radius 2 is 1.96 bits per heavy atom. The molecule has 138 valence electrons. The number of nitrogens with one attached hydrogen (secondary N) is 1. The molecule has 0 saturated carbocycles. The third-order valence-corrected chi connectivity index (χ3v) is 4.61. The molecule has 0 fully saturated rings. The van der Waals surface area contributed by atoms with Gasteiger partial charge in [-0.25, -0.2) is 8.78 Å². The molecular formula is C19H19F2NO3S. The summed E-state index contributed by atoms with van der Waals surface area (Å²) in [6.07, 6.45) is 0.757. The zero-order chi connectivity index (χ0) is 19.1. The van der Waals surface area contributed by atoms with Crippen LogP contribution in [-0.4, -0.2) is 24.2 Å². The van der Waals surface area contributed by atoms with Gasteiger partial charge in [-0.05, 0) is 42.7 Å². The summed E-state index contributed by atoms with van der Waals surface area (Å²) >= 11 is 0.812. The fourth-order valence-electron chi connectivity index (χ4n) is 2.29. The molecule has 2 aromatic carbocycles. The summed E-state index contributed by atoms with van der Waals surface area (Å²) in [5.74, 6) is -2.57. The van der Waals surface area contributed by atoms with Crippen molar-refractivity contribution >= 4 is 29.3 Å². The van der Waals surface area contributed by atoms with Crippen LogP contribution in [0.3, 0.4) is 0 Å². The standard InChI is InChI=1S/C19H19F2NO3S/c1-3-13-6-4-5-12(2)19(13)22-17(23)10-25-18(24)11-26-16-9-14(20)7-8-15(16)21/h4-9H,3,10-11H2,1-2H3,(H,22,23). The second-order valence-electron chi connectivity index (χ2n) is 5.53. The zero-order valence-corrected chi connectivity index (χ0v) is 15.3. The quantitative estimate of drug-likeness (QED) is 0.581. The van der Waals surface area contributed by atoms with Crippen LogP contribution in [0.4, 0.5) is 14.5 Å². The van der Waals surface area contributed by atoms with E-state index in [9.17, 15) is 18.4 Å². The molecule has 0 unspecified atom stereocenters. The Morgan fingerprint density at radius 1 is 1.19 bits per heavy atom. The number of anilines is 1. The monoisotopic (exact) mass is 379 g/mol. The van der Waals surface area contributed by atoms with Crippen molar-refractivity contribution in [3.8, 4) is 0 Å². The van der Waals surface area contributed by atoms with Crippen LogP contribution in [0, 0.1) is 18.6 Å². The van der Waals surface area contributed by atoms with Crippen LogP contribution in [0.2, 0.25) is 0 Å². The van der Waals surface area contributed by atoms with Crippen molar-refractivity contribution in [3.63, 3.8) is 0 Å². The van der Waals surface area contributed by atoms with Crippen LogP contribution < -0.4 is 5.32 Å². The Labute approximate surface area is 154 Å². The number of carbonyl (C=O) groups excluding carboxylic acids is 2. The second kappa shape index (κ2) is 9.33. The number of halogens is 2. The van der Waals surface area contributed by atoms with Gasteiger partial charge >= 0.3 is 5.97 Å². The summed E-state index contributed by atoms with van der Waals surface area (Å²) in [5, 5.41) is 2.74. The summed E-state index contributed by atoms with van der Waals surface area (Å²) < 4.78 is 31.5. The molecule has 0 spiro atoms. The lowest BCUT2D eigenvalue weighted by Crippen LogP contribution is -2.22. The average molecular weight is 379 g/mol. The lowest BCUT2D eigenvalue weighted by molar-refractivity contribution is -0.144. The molecule has 0 aliphatic carbocycles. The molecule has 0 radical (unpaired) electrons. The molecule has 1 amide bonds. The number of thioether (sulfide) groups is 1. The third kappa shape index (κ3) is 5.56. The van der Waals surface area contributed by atoms with Gasteiger partial charge in [0.15, 0.2) is 6.61 Å². The van der Waals surface area contributed by atoms with E-state index in [1.165, 1.54) is 0 Å². The second-order valence-corrected chi connectivity index (χ2v) is 6.55. The average Bonchev–Trinajstić information content (AvgIpc) is 2.62. The molecule has 26 heavy (non-hydrogen) atoms. The molecule has 0 saturated heterocycles. The highest BCUT2D eigenvalue weighted by Gasteiger charge is 2.13. The first-order valence-electron chi connectivity index (χ1n) is 8.02. The van der Waals surface area contributed by atoms with Crippen molar-refractivity contribution in [2.45, 2.75) is 25.2 Å². The Kier molecular flexibility index (Phi) is 7.15. The molecule has 2 rings (SSSR count). The highest BCUT2D eigenvalue weighted by molar-refractivity contribution is 8.00. The summed E-state index contributed by atoms with van der Waals surface area (Å²) in [7, 11) is 0. The van der Waals surface area contributed by atoms with Gasteiger partial charge in [0.1, 0.15) is 11.6 Å².